The molecule has 0 aliphatic rings. The first-order valence-corrected chi connectivity index (χ1v) is 8.17. The lowest BCUT2D eigenvalue weighted by molar-refractivity contribution is 0.185. The predicted octanol–water partition coefficient (Wildman–Crippen LogP) is 3.92. The minimum Gasteiger partial charge on any atom is -0.380 e. The fraction of sp³-hybridized carbons (Fsp3) is 0.200. The molecule has 3 aromatic rings. The number of aromatic nitrogens is 2. The lowest BCUT2D eigenvalue weighted by atomic mass is 10.1. The van der Waals surface area contributed by atoms with Crippen LogP contribution in [0, 0.1) is 14.9 Å². The Morgan fingerprint density at radius 3 is 2.90 bits per heavy atom. The highest BCUT2D eigenvalue weighted by Gasteiger charge is 2.19. The fourth-order valence-corrected chi connectivity index (χ4v) is 4.57. The van der Waals surface area contributed by atoms with Crippen molar-refractivity contribution in [2.24, 2.45) is 7.05 Å². The highest BCUT2D eigenvalue weighted by molar-refractivity contribution is 14.1. The van der Waals surface area contributed by atoms with Crippen LogP contribution in [0.5, 0.6) is 0 Å². The van der Waals surface area contributed by atoms with E-state index in [0.717, 1.165) is 35.4 Å². The average molecular weight is 409 g/mol. The van der Waals surface area contributed by atoms with E-state index >= 15 is 0 Å². The average Bonchev–Trinajstić information content (AvgIpc) is 2.98. The fourth-order valence-electron chi connectivity index (χ4n) is 2.34. The molecule has 0 aliphatic carbocycles. The molecular weight excluding hydrogens is 397 g/mol. The van der Waals surface area contributed by atoms with Gasteiger partial charge in [-0.15, -0.1) is 11.3 Å². The van der Waals surface area contributed by atoms with E-state index in [0.29, 0.717) is 6.61 Å². The number of hydrogen-bond donors (Lipinski definition) is 0. The van der Waals surface area contributed by atoms with Gasteiger partial charge in [0, 0.05) is 24.2 Å². The molecule has 21 heavy (non-hydrogen) atoms. The van der Waals surface area contributed by atoms with E-state index < -0.39 is 0 Å². The molecule has 4 nitrogen and oxygen atoms in total. The molecule has 2 aromatic heterocycles. The van der Waals surface area contributed by atoms with Crippen LogP contribution in [0.3, 0.4) is 0 Å². The van der Waals surface area contributed by atoms with Crippen LogP contribution in [0.25, 0.3) is 20.7 Å². The van der Waals surface area contributed by atoms with Crippen molar-refractivity contribution in [1.82, 2.24) is 9.78 Å². The third-order valence-corrected chi connectivity index (χ3v) is 5.24. The van der Waals surface area contributed by atoms with Gasteiger partial charge in [-0.05, 0) is 34.2 Å². The molecule has 3 rings (SSSR count). The van der Waals surface area contributed by atoms with Gasteiger partial charge in [0.05, 0.1) is 32.5 Å². The highest BCUT2D eigenvalue weighted by Crippen LogP contribution is 2.40. The molecule has 0 atom stereocenters. The molecule has 2 heterocycles. The first kappa shape index (κ1) is 14.5. The largest absolute Gasteiger partial charge is 0.380 e. The van der Waals surface area contributed by atoms with Crippen molar-refractivity contribution in [2.75, 3.05) is 7.11 Å². The first-order chi connectivity index (χ1) is 10.2. The summed E-state index contributed by atoms with van der Waals surface area (Å²) in [6.45, 7) is 0.578. The van der Waals surface area contributed by atoms with Crippen molar-refractivity contribution in [3.8, 4) is 16.6 Å². The minimum absolute atomic E-state index is 0.578. The van der Waals surface area contributed by atoms with E-state index in [4.69, 9.17) is 4.74 Å². The van der Waals surface area contributed by atoms with Gasteiger partial charge < -0.3 is 4.74 Å². The summed E-state index contributed by atoms with van der Waals surface area (Å²) in [7, 11) is 3.59. The van der Waals surface area contributed by atoms with Gasteiger partial charge in [-0.2, -0.15) is 10.4 Å². The molecule has 6 heteroatoms. The summed E-state index contributed by atoms with van der Waals surface area (Å²) in [6.07, 6.45) is 1.82. The molecule has 0 saturated heterocycles. The zero-order valence-corrected chi connectivity index (χ0v) is 14.5. The minimum atomic E-state index is 0.578. The molecule has 1 aromatic carbocycles. The van der Waals surface area contributed by atoms with Crippen LogP contribution >= 0.6 is 33.9 Å². The van der Waals surface area contributed by atoms with Crippen molar-refractivity contribution in [3.05, 3.63) is 39.1 Å². The normalized spacial score (nSPS) is 11.0. The smallest absolute Gasteiger partial charge is 0.101 e. The van der Waals surface area contributed by atoms with Crippen molar-refractivity contribution in [3.63, 3.8) is 0 Å². The number of nitrogens with zero attached hydrogens (tertiary/aromatic N) is 3. The maximum Gasteiger partial charge on any atom is 0.101 e. The number of ether oxygens (including phenoxy) is 1. The van der Waals surface area contributed by atoms with Gasteiger partial charge in [-0.1, -0.05) is 12.1 Å². The van der Waals surface area contributed by atoms with Gasteiger partial charge in [0.2, 0.25) is 0 Å². The van der Waals surface area contributed by atoms with Gasteiger partial charge in [0.15, 0.2) is 0 Å². The molecule has 0 saturated carbocycles. The number of benzene rings is 1. The maximum absolute atomic E-state index is 9.56. The van der Waals surface area contributed by atoms with Crippen LogP contribution in [0.4, 0.5) is 0 Å². The standard InChI is InChI=1S/C15H12IN3OS/c1-19-14(12(16)7-18-19)15-11(6-17)10-4-3-9(8-20-2)5-13(10)21-15/h3-5,7H,8H2,1-2H3. The number of hydrogen-bond acceptors (Lipinski definition) is 4. The second kappa shape index (κ2) is 5.75. The van der Waals surface area contributed by atoms with Crippen molar-refractivity contribution < 1.29 is 4.74 Å². The van der Waals surface area contributed by atoms with Crippen molar-refractivity contribution >= 4 is 44.0 Å². The molecule has 106 valence electrons. The predicted molar refractivity (Wildman–Crippen MR) is 92.2 cm³/mol. The summed E-state index contributed by atoms with van der Waals surface area (Å²) in [5, 5.41) is 14.8. The summed E-state index contributed by atoms with van der Waals surface area (Å²) >= 11 is 3.89. The Balaban J connectivity index is 2.26. The van der Waals surface area contributed by atoms with Gasteiger partial charge in [-0.25, -0.2) is 0 Å². The Labute approximate surface area is 140 Å². The lowest BCUT2D eigenvalue weighted by Crippen LogP contribution is -1.94. The lowest BCUT2D eigenvalue weighted by Gasteiger charge is -2.00. The summed E-state index contributed by atoms with van der Waals surface area (Å²) in [5.74, 6) is 0. The number of aryl methyl sites for hydroxylation is 1. The van der Waals surface area contributed by atoms with E-state index in [1.54, 1.807) is 18.4 Å². The third kappa shape index (κ3) is 2.46. The number of nitriles is 1. The first-order valence-electron chi connectivity index (χ1n) is 6.28. The Bertz CT molecular complexity index is 840. The SMILES string of the molecule is COCc1ccc2c(C#N)c(-c3c(I)cnn3C)sc2c1. The molecule has 0 bridgehead atoms. The quantitative estimate of drug-likeness (QED) is 0.617. The Hall–Kier alpha value is -1.43. The van der Waals surface area contributed by atoms with Crippen LogP contribution in [0.15, 0.2) is 24.4 Å². The van der Waals surface area contributed by atoms with E-state index in [9.17, 15) is 5.26 Å². The monoisotopic (exact) mass is 409 g/mol. The van der Waals surface area contributed by atoms with Crippen LogP contribution in [-0.4, -0.2) is 16.9 Å². The third-order valence-electron chi connectivity index (χ3n) is 3.29. The summed E-state index contributed by atoms with van der Waals surface area (Å²) < 4.78 is 9.15. The second-order valence-corrected chi connectivity index (χ2v) is 6.86. The van der Waals surface area contributed by atoms with Gasteiger partial charge in [0.25, 0.3) is 0 Å². The Kier molecular flexibility index (Phi) is 3.97. The van der Waals surface area contributed by atoms with E-state index in [2.05, 4.69) is 39.8 Å². The molecule has 0 spiro atoms. The van der Waals surface area contributed by atoms with Crippen LogP contribution in [0.1, 0.15) is 11.1 Å². The summed E-state index contributed by atoms with van der Waals surface area (Å²) in [4.78, 5) is 0.978. The number of halogens is 1. The van der Waals surface area contributed by atoms with Crippen molar-refractivity contribution in [2.45, 2.75) is 6.61 Å². The van der Waals surface area contributed by atoms with Gasteiger partial charge in [-0.3, -0.25) is 4.68 Å². The number of rotatable bonds is 3. The summed E-state index contributed by atoms with van der Waals surface area (Å²) in [5.41, 5.74) is 2.84. The van der Waals surface area contributed by atoms with E-state index in [1.165, 1.54) is 0 Å². The molecule has 0 radical (unpaired) electrons. The van der Waals surface area contributed by atoms with E-state index in [-0.39, 0.29) is 0 Å². The summed E-state index contributed by atoms with van der Waals surface area (Å²) in [6, 6.07) is 8.46. The maximum atomic E-state index is 9.56. The topological polar surface area (TPSA) is 50.8 Å². The molecule has 0 unspecified atom stereocenters. The zero-order valence-electron chi connectivity index (χ0n) is 11.6. The van der Waals surface area contributed by atoms with E-state index in [1.807, 2.05) is 30.1 Å². The molecular formula is C15H12IN3OS. The van der Waals surface area contributed by atoms with Crippen molar-refractivity contribution in [1.29, 1.82) is 5.26 Å². The number of fused-ring (bicyclic) bond motifs is 1. The zero-order chi connectivity index (χ0) is 15.0. The molecule has 0 amide bonds. The highest BCUT2D eigenvalue weighted by atomic mass is 127. The van der Waals surface area contributed by atoms with Crippen LogP contribution in [0.2, 0.25) is 0 Å². The van der Waals surface area contributed by atoms with Gasteiger partial charge >= 0.3 is 0 Å². The molecule has 0 aliphatic heterocycles. The number of thiophene rings is 1. The molecule has 0 N–H and O–H groups in total. The Morgan fingerprint density at radius 1 is 1.48 bits per heavy atom. The Morgan fingerprint density at radius 2 is 2.29 bits per heavy atom. The van der Waals surface area contributed by atoms with Crippen LogP contribution < -0.4 is 0 Å². The van der Waals surface area contributed by atoms with Crippen LogP contribution in [-0.2, 0) is 18.4 Å². The second-order valence-electron chi connectivity index (χ2n) is 4.65. The number of methoxy groups -OCH3 is 1. The molecule has 0 fully saturated rings. The van der Waals surface area contributed by atoms with Gasteiger partial charge in [0.1, 0.15) is 6.07 Å².